The number of likely N-dealkylation sites (tertiary alicyclic amines) is 1. The van der Waals surface area contributed by atoms with Crippen molar-refractivity contribution in [1.82, 2.24) is 25.1 Å². The second kappa shape index (κ2) is 10.1. The fraction of sp³-hybridized carbons (Fsp3) is 0.423. The van der Waals surface area contributed by atoms with Gasteiger partial charge >= 0.3 is 11.7 Å². The monoisotopic (exact) mass is 492 g/mol. The number of aryl methyl sites for hydroxylation is 1. The van der Waals surface area contributed by atoms with Crippen LogP contribution in [0.3, 0.4) is 0 Å². The van der Waals surface area contributed by atoms with Crippen molar-refractivity contribution in [2.45, 2.75) is 32.2 Å². The van der Waals surface area contributed by atoms with Gasteiger partial charge in [0.25, 0.3) is 5.91 Å². The predicted molar refractivity (Wildman–Crippen MR) is 138 cm³/mol. The Labute approximate surface area is 209 Å². The molecule has 10 nitrogen and oxygen atoms in total. The van der Waals surface area contributed by atoms with Crippen molar-refractivity contribution in [3.05, 3.63) is 57.5 Å². The van der Waals surface area contributed by atoms with E-state index in [0.717, 1.165) is 67.0 Å². The first kappa shape index (κ1) is 23.9. The Morgan fingerprint density at radius 2 is 1.92 bits per heavy atom. The van der Waals surface area contributed by atoms with Crippen molar-refractivity contribution in [3.63, 3.8) is 0 Å². The molecule has 3 heterocycles. The average molecular weight is 493 g/mol. The van der Waals surface area contributed by atoms with E-state index < -0.39 is 0 Å². The molecule has 0 radical (unpaired) electrons. The number of piperidine rings is 1. The highest BCUT2D eigenvalue weighted by molar-refractivity contribution is 5.98. The smallest absolute Gasteiger partial charge is 0.323 e. The number of ether oxygens (including phenoxy) is 1. The number of hydrogen-bond donors (Lipinski definition) is 4. The molecule has 190 valence electrons. The lowest BCUT2D eigenvalue weighted by molar-refractivity contribution is 0.0937. The van der Waals surface area contributed by atoms with Crippen LogP contribution in [0.5, 0.6) is 5.75 Å². The first-order valence-corrected chi connectivity index (χ1v) is 12.4. The summed E-state index contributed by atoms with van der Waals surface area (Å²) in [5.74, 6) is 0.640. The van der Waals surface area contributed by atoms with Crippen LogP contribution in [-0.4, -0.2) is 77.6 Å². The molecule has 3 aromatic rings. The van der Waals surface area contributed by atoms with Crippen LogP contribution in [0.2, 0.25) is 0 Å². The van der Waals surface area contributed by atoms with Gasteiger partial charge in [-0.3, -0.25) is 4.79 Å². The van der Waals surface area contributed by atoms with E-state index in [0.29, 0.717) is 24.2 Å². The van der Waals surface area contributed by atoms with Gasteiger partial charge < -0.3 is 35.1 Å². The lowest BCUT2D eigenvalue weighted by Crippen LogP contribution is -2.49. The largest absolute Gasteiger partial charge is 0.497 e. The molecule has 0 spiro atoms. The summed E-state index contributed by atoms with van der Waals surface area (Å²) in [6.07, 6.45) is 2.59. The molecule has 1 aromatic heterocycles. The number of hydrogen-bond acceptors (Lipinski definition) is 5. The molecule has 0 aliphatic carbocycles. The van der Waals surface area contributed by atoms with Gasteiger partial charge in [-0.15, -0.1) is 0 Å². The Morgan fingerprint density at radius 3 is 2.69 bits per heavy atom. The molecule has 0 atom stereocenters. The first-order valence-electron chi connectivity index (χ1n) is 12.4. The Hall–Kier alpha value is -3.79. The van der Waals surface area contributed by atoms with E-state index in [1.807, 2.05) is 30.0 Å². The summed E-state index contributed by atoms with van der Waals surface area (Å²) in [6.45, 7) is 5.58. The number of anilines is 1. The fourth-order valence-electron chi connectivity index (χ4n) is 5.24. The minimum Gasteiger partial charge on any atom is -0.497 e. The van der Waals surface area contributed by atoms with Crippen LogP contribution < -0.4 is 21.1 Å². The molecule has 10 heteroatoms. The quantitative estimate of drug-likeness (QED) is 0.421. The van der Waals surface area contributed by atoms with E-state index in [9.17, 15) is 14.4 Å². The van der Waals surface area contributed by atoms with Crippen molar-refractivity contribution in [3.8, 4) is 5.75 Å². The fourth-order valence-corrected chi connectivity index (χ4v) is 5.24. The highest BCUT2D eigenvalue weighted by Gasteiger charge is 2.30. The van der Waals surface area contributed by atoms with E-state index in [-0.39, 0.29) is 23.7 Å². The van der Waals surface area contributed by atoms with Crippen LogP contribution in [0.15, 0.2) is 35.1 Å². The van der Waals surface area contributed by atoms with Crippen LogP contribution in [-0.2, 0) is 6.42 Å². The summed E-state index contributed by atoms with van der Waals surface area (Å²) < 4.78 is 5.33. The first-order chi connectivity index (χ1) is 17.4. The molecule has 3 amide bonds. The molecule has 0 saturated carbocycles. The van der Waals surface area contributed by atoms with Gasteiger partial charge in [0.15, 0.2) is 0 Å². The number of nitrogens with zero attached hydrogens (tertiary/aromatic N) is 2. The van der Waals surface area contributed by atoms with Gasteiger partial charge in [-0.25, -0.2) is 9.59 Å². The van der Waals surface area contributed by atoms with Gasteiger partial charge in [0, 0.05) is 50.0 Å². The molecule has 2 aliphatic heterocycles. The van der Waals surface area contributed by atoms with Crippen molar-refractivity contribution in [2.75, 3.05) is 45.2 Å². The molecular weight excluding hydrogens is 460 g/mol. The van der Waals surface area contributed by atoms with E-state index in [2.05, 4.69) is 25.5 Å². The van der Waals surface area contributed by atoms with Crippen molar-refractivity contribution >= 4 is 28.7 Å². The zero-order chi connectivity index (χ0) is 25.2. The maximum atomic E-state index is 12.9. The third-order valence-corrected chi connectivity index (χ3v) is 7.23. The number of carbonyl (C=O) groups excluding carboxylic acids is 2. The number of aromatic nitrogens is 2. The Morgan fingerprint density at radius 1 is 1.11 bits per heavy atom. The summed E-state index contributed by atoms with van der Waals surface area (Å²) in [4.78, 5) is 46.9. The minimum absolute atomic E-state index is 0.0411. The number of methoxy groups -OCH3 is 1. The van der Waals surface area contributed by atoms with E-state index >= 15 is 0 Å². The van der Waals surface area contributed by atoms with Gasteiger partial charge in [0.05, 0.1) is 18.1 Å². The average Bonchev–Trinajstić information content (AvgIpc) is 3.18. The molecule has 1 fully saturated rings. The van der Waals surface area contributed by atoms with Crippen LogP contribution in [0.1, 0.15) is 34.3 Å². The number of nitrogens with one attached hydrogen (secondary N) is 4. The molecule has 5 rings (SSSR count). The molecule has 0 bridgehead atoms. The van der Waals surface area contributed by atoms with Gasteiger partial charge in [-0.1, -0.05) is 0 Å². The highest BCUT2D eigenvalue weighted by atomic mass is 16.5. The van der Waals surface area contributed by atoms with Gasteiger partial charge in [-0.05, 0) is 67.6 Å². The van der Waals surface area contributed by atoms with Gasteiger partial charge in [0.1, 0.15) is 5.75 Å². The minimum atomic E-state index is -0.281. The van der Waals surface area contributed by atoms with Crippen LogP contribution >= 0.6 is 0 Å². The number of carbonyl (C=O) groups is 2. The number of fused-ring (bicyclic) bond motifs is 2. The summed E-state index contributed by atoms with van der Waals surface area (Å²) >= 11 is 0. The molecule has 0 unspecified atom stereocenters. The maximum absolute atomic E-state index is 12.9. The zero-order valence-corrected chi connectivity index (χ0v) is 20.6. The van der Waals surface area contributed by atoms with Crippen molar-refractivity contribution < 1.29 is 14.3 Å². The van der Waals surface area contributed by atoms with E-state index in [1.165, 1.54) is 0 Å². The second-order valence-electron chi connectivity index (χ2n) is 9.52. The van der Waals surface area contributed by atoms with Crippen molar-refractivity contribution in [1.29, 1.82) is 0 Å². The molecule has 2 aromatic carbocycles. The lowest BCUT2D eigenvalue weighted by atomic mass is 10.0. The summed E-state index contributed by atoms with van der Waals surface area (Å²) in [6, 6.07) is 9.41. The SMILES string of the molecule is COc1ccc2c(c1)CCN(C1CCN(CCNC(=O)c3cc(C)c4[nH]c(=O)[nH]c4c3)CC1)C(=O)N2. The Kier molecular flexibility index (Phi) is 6.69. The van der Waals surface area contributed by atoms with E-state index in [1.54, 1.807) is 19.2 Å². The number of rotatable bonds is 6. The highest BCUT2D eigenvalue weighted by Crippen LogP contribution is 2.27. The Balaban J connectivity index is 1.10. The van der Waals surface area contributed by atoms with Gasteiger partial charge in [0.2, 0.25) is 0 Å². The van der Waals surface area contributed by atoms with E-state index in [4.69, 9.17) is 4.74 Å². The molecule has 4 N–H and O–H groups in total. The lowest BCUT2D eigenvalue weighted by Gasteiger charge is -2.38. The number of amides is 3. The third kappa shape index (κ3) is 4.94. The zero-order valence-electron chi connectivity index (χ0n) is 20.6. The molecule has 2 aliphatic rings. The molecular formula is C26H32N6O4. The summed E-state index contributed by atoms with van der Waals surface area (Å²) in [5.41, 5.74) is 4.39. The van der Waals surface area contributed by atoms with Gasteiger partial charge in [-0.2, -0.15) is 0 Å². The maximum Gasteiger partial charge on any atom is 0.323 e. The van der Waals surface area contributed by atoms with Crippen LogP contribution in [0.4, 0.5) is 10.5 Å². The second-order valence-corrected chi connectivity index (χ2v) is 9.52. The molecule has 1 saturated heterocycles. The third-order valence-electron chi connectivity index (χ3n) is 7.23. The van der Waals surface area contributed by atoms with Crippen LogP contribution in [0, 0.1) is 6.92 Å². The Bertz CT molecular complexity index is 1340. The van der Waals surface area contributed by atoms with Crippen LogP contribution in [0.25, 0.3) is 11.0 Å². The molecule has 36 heavy (non-hydrogen) atoms. The number of benzene rings is 2. The summed E-state index contributed by atoms with van der Waals surface area (Å²) in [7, 11) is 1.65. The normalized spacial score (nSPS) is 16.9. The number of imidazole rings is 1. The summed E-state index contributed by atoms with van der Waals surface area (Å²) in [5, 5.41) is 6.05. The predicted octanol–water partition coefficient (Wildman–Crippen LogP) is 2.46. The number of H-pyrrole nitrogens is 2. The topological polar surface area (TPSA) is 123 Å². The standard InChI is InChI=1S/C26H32N6O4/c1-16-13-18(15-22-23(16)30-25(34)28-22)24(33)27-8-12-31-9-6-19(7-10-31)32-11-5-17-14-20(36-2)3-4-21(17)29-26(32)35/h3-4,13-15,19H,5-12H2,1-2H3,(H,27,33)(H,29,35)(H2,28,30,34). The number of urea groups is 1. The van der Waals surface area contributed by atoms with Crippen molar-refractivity contribution in [2.24, 2.45) is 0 Å². The number of aromatic amines is 2.